The molecular weight excluding hydrogens is 495 g/mol. The molecule has 3 aromatic carbocycles. The molecule has 4 rings (SSSR count). The van der Waals surface area contributed by atoms with Crippen LogP contribution in [0.15, 0.2) is 66.4 Å². The summed E-state index contributed by atoms with van der Waals surface area (Å²) in [4.78, 5) is 14.7. The van der Waals surface area contributed by atoms with Gasteiger partial charge in [0.1, 0.15) is 18.1 Å². The van der Waals surface area contributed by atoms with Gasteiger partial charge in [-0.25, -0.2) is 4.90 Å². The van der Waals surface area contributed by atoms with Gasteiger partial charge in [0, 0.05) is 5.56 Å². The van der Waals surface area contributed by atoms with E-state index in [1.54, 1.807) is 50.6 Å². The van der Waals surface area contributed by atoms with Gasteiger partial charge in [0.25, 0.3) is 5.91 Å². The number of amides is 1. The van der Waals surface area contributed by atoms with Gasteiger partial charge in [-0.15, -0.1) is 0 Å². The second kappa shape index (κ2) is 10.3. The number of anilines is 1. The lowest BCUT2D eigenvalue weighted by atomic mass is 10.1. The Kier molecular flexibility index (Phi) is 7.26. The van der Waals surface area contributed by atoms with Crippen LogP contribution in [0.5, 0.6) is 17.2 Å². The Morgan fingerprint density at radius 2 is 1.71 bits per heavy atom. The molecule has 0 aromatic heterocycles. The van der Waals surface area contributed by atoms with E-state index in [1.165, 1.54) is 4.90 Å². The molecule has 3 aromatic rings. The zero-order valence-corrected chi connectivity index (χ0v) is 20.6. The second-order valence-corrected chi connectivity index (χ2v) is 8.42. The highest BCUT2D eigenvalue weighted by Gasteiger charge is 2.34. The van der Waals surface area contributed by atoms with Crippen LogP contribution in [0.3, 0.4) is 0 Å². The molecule has 174 valence electrons. The van der Waals surface area contributed by atoms with Gasteiger partial charge in [-0.3, -0.25) is 4.79 Å². The van der Waals surface area contributed by atoms with Crippen molar-refractivity contribution in [3.8, 4) is 17.2 Å². The number of hydrogen-bond donors (Lipinski definition) is 1. The van der Waals surface area contributed by atoms with Crippen molar-refractivity contribution in [3.05, 3.63) is 87.5 Å². The van der Waals surface area contributed by atoms with Gasteiger partial charge in [-0.05, 0) is 54.2 Å². The molecule has 34 heavy (non-hydrogen) atoms. The van der Waals surface area contributed by atoms with E-state index < -0.39 is 0 Å². The van der Waals surface area contributed by atoms with Crippen LogP contribution >= 0.6 is 35.4 Å². The summed E-state index contributed by atoms with van der Waals surface area (Å²) in [6.45, 7) is 0.223. The number of methoxy groups -OCH3 is 2. The van der Waals surface area contributed by atoms with Crippen molar-refractivity contribution in [2.45, 2.75) is 6.61 Å². The number of benzene rings is 3. The summed E-state index contributed by atoms with van der Waals surface area (Å²) in [6, 6.07) is 17.9. The summed E-state index contributed by atoms with van der Waals surface area (Å²) in [6.07, 6.45) is 1.68. The van der Waals surface area contributed by atoms with Crippen LogP contribution in [0.1, 0.15) is 11.1 Å². The Morgan fingerprint density at radius 3 is 2.44 bits per heavy atom. The molecular formula is C25H20Cl2N2O4S. The minimum absolute atomic E-state index is 0.223. The molecule has 1 N–H and O–H groups in total. The molecule has 1 aliphatic heterocycles. The first-order valence-electron chi connectivity index (χ1n) is 10.2. The SMILES string of the molecule is COc1ccccc1N1C(=O)/C(=C\c2cccc(OC)c2OCc2ccc(Cl)c(Cl)c2)NC1=S. The number of hydrogen-bond acceptors (Lipinski definition) is 5. The van der Waals surface area contributed by atoms with Gasteiger partial charge in [0.05, 0.1) is 30.0 Å². The standard InChI is InChI=1S/C25H20Cl2N2O4S/c1-31-21-8-4-3-7-20(21)29-24(30)19(28-25(29)34)13-16-6-5-9-22(32-2)23(16)33-14-15-10-11-17(26)18(27)12-15/h3-13H,14H2,1-2H3,(H,28,34)/b19-13+. The maximum atomic E-state index is 13.3. The van der Waals surface area contributed by atoms with E-state index in [0.29, 0.717) is 44.2 Å². The normalized spacial score (nSPS) is 14.4. The average molecular weight is 515 g/mol. The lowest BCUT2D eigenvalue weighted by molar-refractivity contribution is -0.113. The Morgan fingerprint density at radius 1 is 0.971 bits per heavy atom. The summed E-state index contributed by atoms with van der Waals surface area (Å²) in [5.74, 6) is 1.21. The van der Waals surface area contributed by atoms with Crippen molar-refractivity contribution in [2.24, 2.45) is 0 Å². The maximum absolute atomic E-state index is 13.3. The smallest absolute Gasteiger partial charge is 0.281 e. The van der Waals surface area contributed by atoms with Gasteiger partial charge >= 0.3 is 0 Å². The number of para-hydroxylation sites is 3. The zero-order valence-electron chi connectivity index (χ0n) is 18.3. The Balaban J connectivity index is 1.65. The molecule has 1 saturated heterocycles. The van der Waals surface area contributed by atoms with Crippen LogP contribution in [0.4, 0.5) is 5.69 Å². The van der Waals surface area contributed by atoms with Crippen LogP contribution in [-0.2, 0) is 11.4 Å². The lowest BCUT2D eigenvalue weighted by Gasteiger charge is -2.17. The molecule has 0 spiro atoms. The van der Waals surface area contributed by atoms with Crippen LogP contribution in [0.2, 0.25) is 10.0 Å². The molecule has 1 aliphatic rings. The van der Waals surface area contributed by atoms with E-state index in [1.807, 2.05) is 30.3 Å². The van der Waals surface area contributed by atoms with Crippen molar-refractivity contribution in [1.82, 2.24) is 5.32 Å². The maximum Gasteiger partial charge on any atom is 0.281 e. The van der Waals surface area contributed by atoms with Crippen molar-refractivity contribution in [3.63, 3.8) is 0 Å². The monoisotopic (exact) mass is 514 g/mol. The van der Waals surface area contributed by atoms with E-state index >= 15 is 0 Å². The van der Waals surface area contributed by atoms with Crippen molar-refractivity contribution in [2.75, 3.05) is 19.1 Å². The molecule has 0 radical (unpaired) electrons. The number of rotatable bonds is 7. The third kappa shape index (κ3) is 4.82. The summed E-state index contributed by atoms with van der Waals surface area (Å²) in [5.41, 5.74) is 2.32. The number of thiocarbonyl (C=S) groups is 1. The lowest BCUT2D eigenvalue weighted by Crippen LogP contribution is -2.30. The molecule has 0 atom stereocenters. The van der Waals surface area contributed by atoms with Gasteiger partial charge in [-0.2, -0.15) is 0 Å². The predicted molar refractivity (Wildman–Crippen MR) is 138 cm³/mol. The number of carbonyl (C=O) groups excluding carboxylic acids is 1. The molecule has 0 unspecified atom stereocenters. The number of nitrogens with zero attached hydrogens (tertiary/aromatic N) is 1. The Bertz CT molecular complexity index is 1300. The summed E-state index contributed by atoms with van der Waals surface area (Å²) >= 11 is 17.6. The van der Waals surface area contributed by atoms with E-state index in [0.717, 1.165) is 5.56 Å². The molecule has 1 heterocycles. The van der Waals surface area contributed by atoms with Crippen LogP contribution in [-0.4, -0.2) is 25.2 Å². The first-order valence-corrected chi connectivity index (χ1v) is 11.3. The van der Waals surface area contributed by atoms with E-state index in [9.17, 15) is 4.79 Å². The molecule has 6 nitrogen and oxygen atoms in total. The number of carbonyl (C=O) groups is 1. The topological polar surface area (TPSA) is 60.0 Å². The molecule has 1 fully saturated rings. The minimum atomic E-state index is -0.312. The van der Waals surface area contributed by atoms with Crippen molar-refractivity contribution in [1.29, 1.82) is 0 Å². The zero-order chi connectivity index (χ0) is 24.2. The van der Waals surface area contributed by atoms with Crippen LogP contribution in [0.25, 0.3) is 6.08 Å². The fraction of sp³-hybridized carbons (Fsp3) is 0.120. The third-order valence-electron chi connectivity index (χ3n) is 5.10. The molecule has 0 saturated carbocycles. The fourth-order valence-corrected chi connectivity index (χ4v) is 4.08. The van der Waals surface area contributed by atoms with Gasteiger partial charge in [0.15, 0.2) is 16.6 Å². The van der Waals surface area contributed by atoms with Crippen LogP contribution < -0.4 is 24.4 Å². The first kappa shape index (κ1) is 23.9. The third-order valence-corrected chi connectivity index (χ3v) is 6.12. The summed E-state index contributed by atoms with van der Waals surface area (Å²) < 4.78 is 17.0. The van der Waals surface area contributed by atoms with Gasteiger partial charge in [-0.1, -0.05) is 53.5 Å². The molecule has 9 heteroatoms. The predicted octanol–water partition coefficient (Wildman–Crippen LogP) is 5.85. The van der Waals surface area contributed by atoms with Crippen molar-refractivity contribution >= 4 is 58.2 Å². The summed E-state index contributed by atoms with van der Waals surface area (Å²) in [7, 11) is 3.09. The molecule has 1 amide bonds. The average Bonchev–Trinajstić information content (AvgIpc) is 3.12. The molecule has 0 bridgehead atoms. The number of nitrogens with one attached hydrogen (secondary N) is 1. The summed E-state index contributed by atoms with van der Waals surface area (Å²) in [5, 5.41) is 4.15. The second-order valence-electron chi connectivity index (χ2n) is 7.22. The highest BCUT2D eigenvalue weighted by Crippen LogP contribution is 2.36. The van der Waals surface area contributed by atoms with Crippen LogP contribution in [0, 0.1) is 0 Å². The largest absolute Gasteiger partial charge is 0.495 e. The van der Waals surface area contributed by atoms with E-state index in [-0.39, 0.29) is 17.6 Å². The number of halogens is 2. The fourth-order valence-electron chi connectivity index (χ4n) is 3.47. The van der Waals surface area contributed by atoms with E-state index in [4.69, 9.17) is 49.6 Å². The highest BCUT2D eigenvalue weighted by atomic mass is 35.5. The molecule has 0 aliphatic carbocycles. The van der Waals surface area contributed by atoms with Gasteiger partial charge < -0.3 is 19.5 Å². The Hall–Kier alpha value is -3.26. The Labute approximate surface area is 212 Å². The first-order chi connectivity index (χ1) is 16.4. The number of ether oxygens (including phenoxy) is 3. The van der Waals surface area contributed by atoms with Gasteiger partial charge in [0.2, 0.25) is 0 Å². The minimum Gasteiger partial charge on any atom is -0.495 e. The highest BCUT2D eigenvalue weighted by molar-refractivity contribution is 7.80. The van der Waals surface area contributed by atoms with Crippen molar-refractivity contribution < 1.29 is 19.0 Å². The van der Waals surface area contributed by atoms with E-state index in [2.05, 4.69) is 5.32 Å². The quantitative estimate of drug-likeness (QED) is 0.315.